The number of halogens is 2. The molecule has 0 heterocycles. The summed E-state index contributed by atoms with van der Waals surface area (Å²) in [6, 6.07) is 11.1. The van der Waals surface area contributed by atoms with Gasteiger partial charge in [-0.2, -0.15) is 0 Å². The van der Waals surface area contributed by atoms with Gasteiger partial charge in [0.05, 0.1) is 14.2 Å². The van der Waals surface area contributed by atoms with Gasteiger partial charge in [0.25, 0.3) is 0 Å². The van der Waals surface area contributed by atoms with Gasteiger partial charge in [-0.1, -0.05) is 47.5 Å². The first-order valence-corrected chi connectivity index (χ1v) is 7.82. The standard InChI is InChI=1S/C19H18Cl2O2/c1-4-13(17-10-8-15(20)11-18(17)21)5-6-14-7-9-16(22-2)12-19(14)23-3/h4-13H,1H2,2-3H3/b6-5+. The summed E-state index contributed by atoms with van der Waals surface area (Å²) in [5.74, 6) is 1.47. The van der Waals surface area contributed by atoms with Gasteiger partial charge in [-0.05, 0) is 29.8 Å². The lowest BCUT2D eigenvalue weighted by Crippen LogP contribution is -1.93. The fraction of sp³-hybridized carbons (Fsp3) is 0.158. The van der Waals surface area contributed by atoms with Gasteiger partial charge in [-0.15, -0.1) is 6.58 Å². The number of hydrogen-bond donors (Lipinski definition) is 0. The van der Waals surface area contributed by atoms with Crippen LogP contribution in [0.5, 0.6) is 11.5 Å². The highest BCUT2D eigenvalue weighted by atomic mass is 35.5. The topological polar surface area (TPSA) is 18.5 Å². The largest absolute Gasteiger partial charge is 0.497 e. The van der Waals surface area contributed by atoms with Crippen molar-refractivity contribution in [1.82, 2.24) is 0 Å². The molecule has 0 amide bonds. The van der Waals surface area contributed by atoms with E-state index in [1.807, 2.05) is 48.6 Å². The predicted octanol–water partition coefficient (Wildman–Crippen LogP) is 5.99. The summed E-state index contributed by atoms with van der Waals surface area (Å²) in [4.78, 5) is 0. The molecule has 4 heteroatoms. The molecule has 0 radical (unpaired) electrons. The minimum Gasteiger partial charge on any atom is -0.497 e. The van der Waals surface area contributed by atoms with E-state index < -0.39 is 0 Å². The van der Waals surface area contributed by atoms with Crippen LogP contribution in [0, 0.1) is 0 Å². The molecule has 120 valence electrons. The molecule has 2 rings (SSSR count). The average molecular weight is 349 g/mol. The fourth-order valence-electron chi connectivity index (χ4n) is 2.24. The normalized spacial score (nSPS) is 12.2. The SMILES string of the molecule is C=CC(/C=C/c1ccc(OC)cc1OC)c1ccc(Cl)cc1Cl. The third kappa shape index (κ3) is 4.31. The second kappa shape index (κ2) is 8.09. The molecule has 2 aromatic carbocycles. The highest BCUT2D eigenvalue weighted by molar-refractivity contribution is 6.35. The summed E-state index contributed by atoms with van der Waals surface area (Å²) < 4.78 is 10.6. The molecule has 1 unspecified atom stereocenters. The van der Waals surface area contributed by atoms with E-state index in [1.165, 1.54) is 0 Å². The molecule has 2 nitrogen and oxygen atoms in total. The molecular formula is C19H18Cl2O2. The van der Waals surface area contributed by atoms with E-state index in [0.717, 1.165) is 22.6 Å². The van der Waals surface area contributed by atoms with Crippen LogP contribution in [0.3, 0.4) is 0 Å². The maximum atomic E-state index is 6.28. The van der Waals surface area contributed by atoms with Crippen molar-refractivity contribution < 1.29 is 9.47 Å². The molecule has 0 saturated carbocycles. The zero-order chi connectivity index (χ0) is 16.8. The Morgan fingerprint density at radius 1 is 1.04 bits per heavy atom. The third-order valence-electron chi connectivity index (χ3n) is 3.50. The quantitative estimate of drug-likeness (QED) is 0.596. The van der Waals surface area contributed by atoms with Gasteiger partial charge >= 0.3 is 0 Å². The van der Waals surface area contributed by atoms with Gasteiger partial charge in [0, 0.05) is 27.6 Å². The van der Waals surface area contributed by atoms with Gasteiger partial charge in [0.2, 0.25) is 0 Å². The lowest BCUT2D eigenvalue weighted by atomic mass is 9.97. The number of hydrogen-bond acceptors (Lipinski definition) is 2. The summed E-state index contributed by atoms with van der Waals surface area (Å²) in [5.41, 5.74) is 1.90. The van der Waals surface area contributed by atoms with Gasteiger partial charge < -0.3 is 9.47 Å². The summed E-state index contributed by atoms with van der Waals surface area (Å²) in [5, 5.41) is 1.23. The zero-order valence-electron chi connectivity index (χ0n) is 13.1. The van der Waals surface area contributed by atoms with Crippen LogP contribution in [0.2, 0.25) is 10.0 Å². The Bertz CT molecular complexity index is 723. The van der Waals surface area contributed by atoms with Crippen LogP contribution in [0.4, 0.5) is 0 Å². The molecule has 0 saturated heterocycles. The van der Waals surface area contributed by atoms with Crippen molar-refractivity contribution in [1.29, 1.82) is 0 Å². The van der Waals surface area contributed by atoms with E-state index in [2.05, 4.69) is 6.58 Å². The van der Waals surface area contributed by atoms with E-state index in [1.54, 1.807) is 20.3 Å². The number of ether oxygens (including phenoxy) is 2. The van der Waals surface area contributed by atoms with Crippen LogP contribution in [-0.2, 0) is 0 Å². The van der Waals surface area contributed by atoms with E-state index in [-0.39, 0.29) is 5.92 Å². The molecule has 23 heavy (non-hydrogen) atoms. The Morgan fingerprint density at radius 3 is 2.43 bits per heavy atom. The first kappa shape index (κ1) is 17.5. The molecule has 0 bridgehead atoms. The van der Waals surface area contributed by atoms with Gasteiger partial charge in [0.1, 0.15) is 11.5 Å². The third-order valence-corrected chi connectivity index (χ3v) is 4.06. The van der Waals surface area contributed by atoms with Crippen LogP contribution in [-0.4, -0.2) is 14.2 Å². The summed E-state index contributed by atoms with van der Waals surface area (Å²) >= 11 is 12.2. The maximum Gasteiger partial charge on any atom is 0.129 e. The first-order chi connectivity index (χ1) is 11.1. The van der Waals surface area contributed by atoms with Crippen LogP contribution in [0.1, 0.15) is 17.0 Å². The van der Waals surface area contributed by atoms with Crippen LogP contribution in [0.15, 0.2) is 55.1 Å². The first-order valence-electron chi connectivity index (χ1n) is 7.06. The summed E-state index contributed by atoms with van der Waals surface area (Å²) in [7, 11) is 3.26. The van der Waals surface area contributed by atoms with Crippen molar-refractivity contribution in [2.24, 2.45) is 0 Å². The molecule has 0 aromatic heterocycles. The molecule has 0 spiro atoms. The van der Waals surface area contributed by atoms with Crippen LogP contribution in [0.25, 0.3) is 6.08 Å². The summed E-state index contributed by atoms with van der Waals surface area (Å²) in [6.07, 6.45) is 5.84. The van der Waals surface area contributed by atoms with Crippen molar-refractivity contribution in [3.8, 4) is 11.5 Å². The Morgan fingerprint density at radius 2 is 1.83 bits per heavy atom. The molecule has 0 aliphatic carbocycles. The number of benzene rings is 2. The predicted molar refractivity (Wildman–Crippen MR) is 98.0 cm³/mol. The van der Waals surface area contributed by atoms with Crippen LogP contribution < -0.4 is 9.47 Å². The number of rotatable bonds is 6. The van der Waals surface area contributed by atoms with E-state index in [0.29, 0.717) is 10.0 Å². The molecule has 0 N–H and O–H groups in total. The Kier molecular flexibility index (Phi) is 6.14. The number of allylic oxidation sites excluding steroid dienone is 2. The fourth-order valence-corrected chi connectivity index (χ4v) is 2.78. The minimum atomic E-state index is -0.0217. The van der Waals surface area contributed by atoms with E-state index in [4.69, 9.17) is 32.7 Å². The lowest BCUT2D eigenvalue weighted by molar-refractivity contribution is 0.393. The molecule has 2 aromatic rings. The van der Waals surface area contributed by atoms with E-state index in [9.17, 15) is 0 Å². The second-order valence-electron chi connectivity index (χ2n) is 4.89. The Labute approximate surface area is 146 Å². The molecule has 0 fully saturated rings. The van der Waals surface area contributed by atoms with Crippen molar-refractivity contribution in [3.05, 3.63) is 76.3 Å². The van der Waals surface area contributed by atoms with Crippen molar-refractivity contribution in [3.63, 3.8) is 0 Å². The Hall–Kier alpha value is -1.90. The molecule has 0 aliphatic heterocycles. The van der Waals surface area contributed by atoms with E-state index >= 15 is 0 Å². The maximum absolute atomic E-state index is 6.28. The highest BCUT2D eigenvalue weighted by Crippen LogP contribution is 2.31. The van der Waals surface area contributed by atoms with Crippen LogP contribution >= 0.6 is 23.2 Å². The molecule has 1 atom stereocenters. The summed E-state index contributed by atoms with van der Waals surface area (Å²) in [6.45, 7) is 3.89. The zero-order valence-corrected chi connectivity index (χ0v) is 14.6. The molecular weight excluding hydrogens is 331 g/mol. The Balaban J connectivity index is 2.31. The lowest BCUT2D eigenvalue weighted by Gasteiger charge is -2.12. The monoisotopic (exact) mass is 348 g/mol. The van der Waals surface area contributed by atoms with Crippen molar-refractivity contribution >= 4 is 29.3 Å². The van der Waals surface area contributed by atoms with Gasteiger partial charge in [-0.3, -0.25) is 0 Å². The molecule has 0 aliphatic rings. The van der Waals surface area contributed by atoms with Crippen molar-refractivity contribution in [2.45, 2.75) is 5.92 Å². The second-order valence-corrected chi connectivity index (χ2v) is 5.74. The van der Waals surface area contributed by atoms with Gasteiger partial charge in [-0.25, -0.2) is 0 Å². The minimum absolute atomic E-state index is 0.0217. The number of methoxy groups -OCH3 is 2. The average Bonchev–Trinajstić information content (AvgIpc) is 2.56. The van der Waals surface area contributed by atoms with Gasteiger partial charge in [0.15, 0.2) is 0 Å². The smallest absolute Gasteiger partial charge is 0.129 e. The van der Waals surface area contributed by atoms with Crippen molar-refractivity contribution in [2.75, 3.05) is 14.2 Å². The highest BCUT2D eigenvalue weighted by Gasteiger charge is 2.10.